The van der Waals surface area contributed by atoms with Gasteiger partial charge in [-0.2, -0.15) is 0 Å². The fraction of sp³-hybridized carbons (Fsp3) is 0.333. The molecule has 28 heavy (non-hydrogen) atoms. The Hall–Kier alpha value is -3.09. The summed E-state index contributed by atoms with van der Waals surface area (Å²) in [7, 11) is 0. The van der Waals surface area contributed by atoms with E-state index in [-0.39, 0.29) is 17.2 Å². The third kappa shape index (κ3) is 4.24. The number of nitrogens with one attached hydrogen (secondary N) is 1. The molecule has 1 heterocycles. The number of amides is 1. The zero-order valence-corrected chi connectivity index (χ0v) is 15.4. The largest absolute Gasteiger partial charge is 0.504 e. The van der Waals surface area contributed by atoms with E-state index in [2.05, 4.69) is 15.4 Å². The Balaban J connectivity index is 1.46. The lowest BCUT2D eigenvalue weighted by atomic mass is 10.1. The second-order valence-electron chi connectivity index (χ2n) is 7.13. The number of aromatic hydroxyl groups is 1. The number of anilines is 2. The third-order valence-corrected chi connectivity index (χ3v) is 4.88. The van der Waals surface area contributed by atoms with Crippen LogP contribution in [0.15, 0.2) is 41.6 Å². The van der Waals surface area contributed by atoms with Crippen LogP contribution < -0.4 is 10.2 Å². The highest BCUT2D eigenvalue weighted by molar-refractivity contribution is 6.05. The monoisotopic (exact) mass is 383 g/mol. The van der Waals surface area contributed by atoms with Gasteiger partial charge in [0.25, 0.3) is 5.91 Å². The maximum absolute atomic E-state index is 14.0. The minimum absolute atomic E-state index is 0.0896. The smallest absolute Gasteiger partial charge is 0.255 e. The number of phenols is 1. The number of benzene rings is 2. The van der Waals surface area contributed by atoms with Crippen LogP contribution in [0, 0.1) is 5.82 Å². The summed E-state index contributed by atoms with van der Waals surface area (Å²) < 4.78 is 14.0. The molecule has 2 aromatic carbocycles. The van der Waals surface area contributed by atoms with Crippen LogP contribution in [0.2, 0.25) is 0 Å². The lowest BCUT2D eigenvalue weighted by Gasteiger charge is -2.17. The van der Waals surface area contributed by atoms with Gasteiger partial charge in [0.1, 0.15) is 6.10 Å². The summed E-state index contributed by atoms with van der Waals surface area (Å²) in [4.78, 5) is 20.0. The van der Waals surface area contributed by atoms with Crippen molar-refractivity contribution in [2.45, 2.75) is 31.8 Å². The molecule has 0 bridgehead atoms. The summed E-state index contributed by atoms with van der Waals surface area (Å²) in [5.41, 5.74) is 1.93. The lowest BCUT2D eigenvalue weighted by molar-refractivity contribution is 0.102. The average molecular weight is 383 g/mol. The van der Waals surface area contributed by atoms with Crippen LogP contribution in [0.25, 0.3) is 0 Å². The third-order valence-electron chi connectivity index (χ3n) is 4.88. The van der Waals surface area contributed by atoms with Gasteiger partial charge in [0, 0.05) is 35.6 Å². The van der Waals surface area contributed by atoms with Crippen molar-refractivity contribution in [1.82, 2.24) is 0 Å². The zero-order chi connectivity index (χ0) is 19.5. The average Bonchev–Trinajstić information content (AvgIpc) is 3.35. The fourth-order valence-corrected chi connectivity index (χ4v) is 3.13. The van der Waals surface area contributed by atoms with Crippen molar-refractivity contribution < 1.29 is 19.1 Å². The number of hydrogen-bond acceptors (Lipinski definition) is 5. The molecule has 1 saturated carbocycles. The highest BCUT2D eigenvalue weighted by atomic mass is 19.1. The van der Waals surface area contributed by atoms with Gasteiger partial charge in [-0.1, -0.05) is 5.16 Å². The topological polar surface area (TPSA) is 74.2 Å². The minimum Gasteiger partial charge on any atom is -0.504 e. The van der Waals surface area contributed by atoms with Gasteiger partial charge in [-0.3, -0.25) is 4.79 Å². The molecule has 2 fully saturated rings. The highest BCUT2D eigenvalue weighted by Crippen LogP contribution is 2.26. The van der Waals surface area contributed by atoms with Crippen molar-refractivity contribution in [3.63, 3.8) is 0 Å². The van der Waals surface area contributed by atoms with Crippen molar-refractivity contribution >= 4 is 23.5 Å². The molecule has 2 aromatic rings. The summed E-state index contributed by atoms with van der Waals surface area (Å²) >= 11 is 0. The number of phenolic OH excluding ortho intramolecular Hbond substituents is 1. The van der Waals surface area contributed by atoms with Gasteiger partial charge < -0.3 is 20.2 Å². The number of hydrogen-bond donors (Lipinski definition) is 2. The standard InChI is InChI=1S/C21H22FN3O3/c22-19-12-14(11-15(20(19)26)13-23-28-18-7-8-18)21(27)24-16-3-5-17(6-4-16)25-9-1-2-10-25/h3-6,11-13,18,26H,1-2,7-10H2,(H,24,27)/b23-13+. The van der Waals surface area contributed by atoms with Crippen molar-refractivity contribution in [2.75, 3.05) is 23.3 Å². The Morgan fingerprint density at radius 3 is 2.61 bits per heavy atom. The molecule has 7 heteroatoms. The minimum atomic E-state index is -0.884. The van der Waals surface area contributed by atoms with Crippen LogP contribution in [0.4, 0.5) is 15.8 Å². The summed E-state index contributed by atoms with van der Waals surface area (Å²) in [5.74, 6) is -1.91. The van der Waals surface area contributed by atoms with Gasteiger partial charge in [-0.05, 0) is 62.1 Å². The van der Waals surface area contributed by atoms with E-state index in [9.17, 15) is 14.3 Å². The van der Waals surface area contributed by atoms with E-state index in [1.165, 1.54) is 25.1 Å². The first-order valence-corrected chi connectivity index (χ1v) is 9.48. The quantitative estimate of drug-likeness (QED) is 0.586. The van der Waals surface area contributed by atoms with E-state index in [0.29, 0.717) is 5.69 Å². The summed E-state index contributed by atoms with van der Waals surface area (Å²) in [6, 6.07) is 9.97. The molecule has 0 unspecified atom stereocenters. The molecule has 1 aliphatic carbocycles. The van der Waals surface area contributed by atoms with Gasteiger partial charge in [0.05, 0.1) is 6.21 Å². The van der Waals surface area contributed by atoms with Gasteiger partial charge in [0.2, 0.25) is 0 Å². The summed E-state index contributed by atoms with van der Waals surface area (Å²) in [5, 5.41) is 16.4. The maximum Gasteiger partial charge on any atom is 0.255 e. The molecule has 146 valence electrons. The molecular formula is C21H22FN3O3. The predicted octanol–water partition coefficient (Wildman–Crippen LogP) is 3.90. The van der Waals surface area contributed by atoms with Crippen LogP contribution in [-0.4, -0.2) is 36.4 Å². The molecule has 1 saturated heterocycles. The normalized spacial score (nSPS) is 16.5. The fourth-order valence-electron chi connectivity index (χ4n) is 3.13. The van der Waals surface area contributed by atoms with Crippen LogP contribution in [0.5, 0.6) is 5.75 Å². The highest BCUT2D eigenvalue weighted by Gasteiger charge is 2.23. The molecule has 0 atom stereocenters. The number of nitrogens with zero attached hydrogens (tertiary/aromatic N) is 2. The second kappa shape index (κ2) is 7.88. The second-order valence-corrected chi connectivity index (χ2v) is 7.13. The number of oxime groups is 1. The van der Waals surface area contributed by atoms with Crippen LogP contribution >= 0.6 is 0 Å². The van der Waals surface area contributed by atoms with E-state index in [1.807, 2.05) is 24.3 Å². The molecule has 1 aliphatic heterocycles. The van der Waals surface area contributed by atoms with E-state index >= 15 is 0 Å². The van der Waals surface area contributed by atoms with Gasteiger partial charge in [-0.15, -0.1) is 0 Å². The molecule has 0 aromatic heterocycles. The first-order valence-electron chi connectivity index (χ1n) is 9.48. The Morgan fingerprint density at radius 1 is 1.21 bits per heavy atom. The van der Waals surface area contributed by atoms with Gasteiger partial charge >= 0.3 is 0 Å². The number of rotatable bonds is 6. The van der Waals surface area contributed by atoms with Crippen molar-refractivity contribution in [2.24, 2.45) is 5.16 Å². The molecule has 0 radical (unpaired) electrons. The molecular weight excluding hydrogens is 361 g/mol. The van der Waals surface area contributed by atoms with E-state index in [0.717, 1.165) is 37.7 Å². The van der Waals surface area contributed by atoms with Gasteiger partial charge in [-0.25, -0.2) is 4.39 Å². The van der Waals surface area contributed by atoms with Gasteiger partial charge in [0.15, 0.2) is 11.6 Å². The number of halogens is 1. The predicted molar refractivity (Wildman–Crippen MR) is 106 cm³/mol. The van der Waals surface area contributed by atoms with E-state index in [1.54, 1.807) is 0 Å². The van der Waals surface area contributed by atoms with Crippen LogP contribution in [0.1, 0.15) is 41.6 Å². The van der Waals surface area contributed by atoms with E-state index in [4.69, 9.17) is 4.84 Å². The number of carbonyl (C=O) groups is 1. The molecule has 1 amide bonds. The zero-order valence-electron chi connectivity index (χ0n) is 15.4. The van der Waals surface area contributed by atoms with Crippen molar-refractivity contribution in [1.29, 1.82) is 0 Å². The Bertz CT molecular complexity index is 889. The van der Waals surface area contributed by atoms with Crippen molar-refractivity contribution in [3.05, 3.63) is 53.3 Å². The molecule has 4 rings (SSSR count). The summed E-state index contributed by atoms with van der Waals surface area (Å²) in [6.45, 7) is 2.10. The van der Waals surface area contributed by atoms with Crippen LogP contribution in [0.3, 0.4) is 0 Å². The summed E-state index contributed by atoms with van der Waals surface area (Å²) in [6.07, 6.45) is 5.59. The molecule has 0 spiro atoms. The molecule has 6 nitrogen and oxygen atoms in total. The molecule has 2 aliphatic rings. The Kier molecular flexibility index (Phi) is 5.14. The SMILES string of the molecule is O=C(Nc1ccc(N2CCCC2)cc1)c1cc(F)c(O)c(/C=N/OC2CC2)c1. The number of carbonyl (C=O) groups excluding carboxylic acids is 1. The first kappa shape index (κ1) is 18.3. The molecule has 2 N–H and O–H groups in total. The van der Waals surface area contributed by atoms with E-state index < -0.39 is 17.5 Å². The first-order chi connectivity index (χ1) is 13.6. The Morgan fingerprint density at radius 2 is 1.93 bits per heavy atom. The lowest BCUT2D eigenvalue weighted by Crippen LogP contribution is -2.17. The van der Waals surface area contributed by atoms with Crippen LogP contribution in [-0.2, 0) is 4.84 Å². The maximum atomic E-state index is 14.0. The van der Waals surface area contributed by atoms with Crippen molar-refractivity contribution in [3.8, 4) is 5.75 Å². The Labute approximate surface area is 162 Å².